The topological polar surface area (TPSA) is 58.1 Å². The number of carbonyl (C=O) groups is 1. The molecule has 23 heavy (non-hydrogen) atoms. The average Bonchev–Trinajstić information content (AvgIpc) is 2.61. The summed E-state index contributed by atoms with van der Waals surface area (Å²) in [6.45, 7) is 3.64. The smallest absolute Gasteiger partial charge is 0.254 e. The first-order chi connectivity index (χ1) is 11.2. The Morgan fingerprint density at radius 3 is 2.65 bits per heavy atom. The molecule has 1 aromatic carbocycles. The van der Waals surface area contributed by atoms with Gasteiger partial charge in [0.25, 0.3) is 5.91 Å². The van der Waals surface area contributed by atoms with Crippen molar-refractivity contribution in [2.75, 3.05) is 11.9 Å². The second kappa shape index (κ2) is 7.22. The van der Waals surface area contributed by atoms with E-state index in [0.29, 0.717) is 18.5 Å². The zero-order chi connectivity index (χ0) is 16.1. The molecule has 5 nitrogen and oxygen atoms in total. The van der Waals surface area contributed by atoms with Crippen LogP contribution in [0, 0.1) is 0 Å². The van der Waals surface area contributed by atoms with Gasteiger partial charge < -0.3 is 10.2 Å². The zero-order valence-electron chi connectivity index (χ0n) is 13.4. The van der Waals surface area contributed by atoms with Gasteiger partial charge in [0, 0.05) is 37.1 Å². The number of anilines is 1. The van der Waals surface area contributed by atoms with Gasteiger partial charge in [0.05, 0.1) is 0 Å². The Bertz CT molecular complexity index is 642. The Balaban J connectivity index is 1.61. The molecule has 1 N–H and O–H groups in total. The number of likely N-dealkylation sites (tertiary alicyclic amines) is 1. The minimum atomic E-state index is 0.142. The molecule has 2 heterocycles. The van der Waals surface area contributed by atoms with Crippen molar-refractivity contribution >= 4 is 11.9 Å². The van der Waals surface area contributed by atoms with Crippen molar-refractivity contribution in [3.05, 3.63) is 53.9 Å². The molecular weight excluding hydrogens is 288 g/mol. The fourth-order valence-corrected chi connectivity index (χ4v) is 2.90. The number of rotatable bonds is 4. The molecule has 1 amide bonds. The van der Waals surface area contributed by atoms with Crippen LogP contribution in [0.5, 0.6) is 0 Å². The first-order valence-electron chi connectivity index (χ1n) is 8.15. The third-order valence-electron chi connectivity index (χ3n) is 4.28. The van der Waals surface area contributed by atoms with Gasteiger partial charge in [-0.15, -0.1) is 0 Å². The monoisotopic (exact) mass is 310 g/mol. The first-order valence-corrected chi connectivity index (χ1v) is 8.15. The molecule has 2 aromatic rings. The molecule has 1 aliphatic rings. The lowest BCUT2D eigenvalue weighted by molar-refractivity contribution is 0.0635. The molecule has 0 spiro atoms. The highest BCUT2D eigenvalue weighted by molar-refractivity contribution is 5.94. The van der Waals surface area contributed by atoms with Gasteiger partial charge in [-0.25, -0.2) is 9.97 Å². The highest BCUT2D eigenvalue weighted by atomic mass is 16.2. The standard InChI is InChI=1S/C18H22N4O/c1-14-5-2-3-12-22(14)17(23)16-8-6-15(7-9-16)13-21-18-19-10-4-11-20-18/h4,6-11,14H,2-3,5,12-13H2,1H3,(H,19,20,21)/t14-/m0/s1. The largest absolute Gasteiger partial charge is 0.350 e. The fraction of sp³-hybridized carbons (Fsp3) is 0.389. The van der Waals surface area contributed by atoms with Crippen LogP contribution in [-0.4, -0.2) is 33.4 Å². The molecule has 1 aromatic heterocycles. The highest BCUT2D eigenvalue weighted by Crippen LogP contribution is 2.19. The highest BCUT2D eigenvalue weighted by Gasteiger charge is 2.23. The van der Waals surface area contributed by atoms with E-state index in [1.54, 1.807) is 18.5 Å². The number of nitrogens with zero attached hydrogens (tertiary/aromatic N) is 3. The lowest BCUT2D eigenvalue weighted by atomic mass is 10.0. The van der Waals surface area contributed by atoms with E-state index in [2.05, 4.69) is 22.2 Å². The number of aromatic nitrogens is 2. The lowest BCUT2D eigenvalue weighted by Gasteiger charge is -2.33. The molecule has 0 bridgehead atoms. The number of hydrogen-bond donors (Lipinski definition) is 1. The van der Waals surface area contributed by atoms with Gasteiger partial charge in [0.15, 0.2) is 0 Å². The Morgan fingerprint density at radius 2 is 1.96 bits per heavy atom. The van der Waals surface area contributed by atoms with Gasteiger partial charge >= 0.3 is 0 Å². The summed E-state index contributed by atoms with van der Waals surface area (Å²) < 4.78 is 0. The van der Waals surface area contributed by atoms with E-state index in [-0.39, 0.29) is 5.91 Å². The lowest BCUT2D eigenvalue weighted by Crippen LogP contribution is -2.42. The van der Waals surface area contributed by atoms with Crippen molar-refractivity contribution < 1.29 is 4.79 Å². The van der Waals surface area contributed by atoms with Crippen molar-refractivity contribution in [1.82, 2.24) is 14.9 Å². The number of nitrogens with one attached hydrogen (secondary N) is 1. The SMILES string of the molecule is C[C@H]1CCCCN1C(=O)c1ccc(CNc2ncccn2)cc1. The Kier molecular flexibility index (Phi) is 4.86. The van der Waals surface area contributed by atoms with Gasteiger partial charge in [0.2, 0.25) is 5.95 Å². The van der Waals surface area contributed by atoms with Gasteiger partial charge in [-0.3, -0.25) is 4.79 Å². The normalized spacial score (nSPS) is 17.8. The van der Waals surface area contributed by atoms with E-state index in [4.69, 9.17) is 0 Å². The summed E-state index contributed by atoms with van der Waals surface area (Å²) >= 11 is 0. The van der Waals surface area contributed by atoms with E-state index in [0.717, 1.165) is 30.5 Å². The van der Waals surface area contributed by atoms with Crippen LogP contribution in [0.15, 0.2) is 42.7 Å². The zero-order valence-corrected chi connectivity index (χ0v) is 13.4. The van der Waals surface area contributed by atoms with Crippen LogP contribution in [0.3, 0.4) is 0 Å². The molecule has 120 valence electrons. The summed E-state index contributed by atoms with van der Waals surface area (Å²) in [5.74, 6) is 0.748. The van der Waals surface area contributed by atoms with Crippen LogP contribution in [0.25, 0.3) is 0 Å². The summed E-state index contributed by atoms with van der Waals surface area (Å²) in [6, 6.07) is 9.91. The maximum absolute atomic E-state index is 12.6. The van der Waals surface area contributed by atoms with Crippen molar-refractivity contribution in [1.29, 1.82) is 0 Å². The Labute approximate surface area is 136 Å². The van der Waals surface area contributed by atoms with E-state index >= 15 is 0 Å². The first kappa shape index (κ1) is 15.5. The van der Waals surface area contributed by atoms with Gasteiger partial charge in [-0.2, -0.15) is 0 Å². The van der Waals surface area contributed by atoms with Crippen molar-refractivity contribution in [2.45, 2.75) is 38.8 Å². The number of carbonyl (C=O) groups excluding carboxylic acids is 1. The predicted octanol–water partition coefficient (Wildman–Crippen LogP) is 3.10. The van der Waals surface area contributed by atoms with Gasteiger partial charge in [-0.1, -0.05) is 12.1 Å². The van der Waals surface area contributed by atoms with E-state index in [1.165, 1.54) is 6.42 Å². The Hall–Kier alpha value is -2.43. The number of hydrogen-bond acceptors (Lipinski definition) is 4. The van der Waals surface area contributed by atoms with Crippen LogP contribution in [0.4, 0.5) is 5.95 Å². The van der Waals surface area contributed by atoms with Crippen LogP contribution < -0.4 is 5.32 Å². The molecule has 5 heteroatoms. The van der Waals surface area contributed by atoms with Crippen LogP contribution in [0.1, 0.15) is 42.1 Å². The average molecular weight is 310 g/mol. The van der Waals surface area contributed by atoms with E-state index < -0.39 is 0 Å². The van der Waals surface area contributed by atoms with Gasteiger partial charge in [0.1, 0.15) is 0 Å². The summed E-state index contributed by atoms with van der Waals surface area (Å²) in [6.07, 6.45) is 6.84. The Morgan fingerprint density at radius 1 is 1.22 bits per heavy atom. The summed E-state index contributed by atoms with van der Waals surface area (Å²) in [5, 5.41) is 3.16. The number of piperidine rings is 1. The van der Waals surface area contributed by atoms with Crippen molar-refractivity contribution in [3.8, 4) is 0 Å². The molecule has 1 aliphatic heterocycles. The van der Waals surface area contributed by atoms with Crippen LogP contribution in [0.2, 0.25) is 0 Å². The summed E-state index contributed by atoms with van der Waals surface area (Å²) in [4.78, 5) is 22.8. The van der Waals surface area contributed by atoms with Crippen molar-refractivity contribution in [3.63, 3.8) is 0 Å². The molecule has 0 unspecified atom stereocenters. The predicted molar refractivity (Wildman–Crippen MR) is 90.2 cm³/mol. The quantitative estimate of drug-likeness (QED) is 0.942. The maximum atomic E-state index is 12.6. The molecular formula is C18H22N4O. The summed E-state index contributed by atoms with van der Waals surface area (Å²) in [5.41, 5.74) is 1.86. The fourth-order valence-electron chi connectivity index (χ4n) is 2.90. The number of amides is 1. The van der Waals surface area contributed by atoms with Crippen molar-refractivity contribution in [2.24, 2.45) is 0 Å². The molecule has 0 radical (unpaired) electrons. The van der Waals surface area contributed by atoms with E-state index in [9.17, 15) is 4.79 Å². The minimum absolute atomic E-state index is 0.142. The second-order valence-electron chi connectivity index (χ2n) is 5.97. The second-order valence-corrected chi connectivity index (χ2v) is 5.97. The van der Waals surface area contributed by atoms with Gasteiger partial charge in [-0.05, 0) is 49.9 Å². The number of benzene rings is 1. The van der Waals surface area contributed by atoms with Crippen LogP contribution >= 0.6 is 0 Å². The molecule has 1 saturated heterocycles. The molecule has 0 aliphatic carbocycles. The minimum Gasteiger partial charge on any atom is -0.350 e. The maximum Gasteiger partial charge on any atom is 0.254 e. The molecule has 1 atom stereocenters. The third kappa shape index (κ3) is 3.86. The summed E-state index contributed by atoms with van der Waals surface area (Å²) in [7, 11) is 0. The molecule has 0 saturated carbocycles. The third-order valence-corrected chi connectivity index (χ3v) is 4.28. The van der Waals surface area contributed by atoms with Crippen LogP contribution in [-0.2, 0) is 6.54 Å². The molecule has 1 fully saturated rings. The molecule has 3 rings (SSSR count). The van der Waals surface area contributed by atoms with E-state index in [1.807, 2.05) is 29.2 Å².